The normalized spacial score (nSPS) is 17.7. The van der Waals surface area contributed by atoms with E-state index in [1.54, 1.807) is 12.4 Å². The number of piperidine rings is 1. The number of alkyl halides is 1. The molecule has 6 heteroatoms. The van der Waals surface area contributed by atoms with Gasteiger partial charge < -0.3 is 4.57 Å². The van der Waals surface area contributed by atoms with Gasteiger partial charge in [0.05, 0.1) is 22.1 Å². The van der Waals surface area contributed by atoms with Crippen molar-refractivity contribution < 1.29 is 0 Å². The Morgan fingerprint density at radius 1 is 1.15 bits per heavy atom. The minimum atomic E-state index is -0.166. The average molecular weight is 389 g/mol. The van der Waals surface area contributed by atoms with Gasteiger partial charge in [-0.25, -0.2) is 4.98 Å². The van der Waals surface area contributed by atoms with Gasteiger partial charge in [0.2, 0.25) is 0 Å². The monoisotopic (exact) mass is 388 g/mol. The zero-order valence-electron chi connectivity index (χ0n) is 14.8. The smallest absolute Gasteiger partial charge is 0.128 e. The average Bonchev–Trinajstić information content (AvgIpc) is 3.05. The van der Waals surface area contributed by atoms with Gasteiger partial charge in [-0.3, -0.25) is 9.88 Å². The van der Waals surface area contributed by atoms with Crippen molar-refractivity contribution in [3.05, 3.63) is 59.1 Å². The maximum atomic E-state index is 6.46. The van der Waals surface area contributed by atoms with E-state index in [0.717, 1.165) is 49.3 Å². The molecule has 0 amide bonds. The van der Waals surface area contributed by atoms with E-state index in [1.165, 1.54) is 5.56 Å². The van der Waals surface area contributed by atoms with Crippen LogP contribution in [0.2, 0.25) is 5.02 Å². The molecule has 0 bridgehead atoms. The summed E-state index contributed by atoms with van der Waals surface area (Å²) >= 11 is 12.9. The molecular weight excluding hydrogens is 367 g/mol. The van der Waals surface area contributed by atoms with E-state index < -0.39 is 0 Å². The van der Waals surface area contributed by atoms with Crippen LogP contribution in [0.5, 0.6) is 0 Å². The van der Waals surface area contributed by atoms with Crippen LogP contribution < -0.4 is 0 Å². The minimum absolute atomic E-state index is 0.166. The summed E-state index contributed by atoms with van der Waals surface area (Å²) in [7, 11) is 0. The quantitative estimate of drug-likeness (QED) is 0.574. The van der Waals surface area contributed by atoms with Gasteiger partial charge >= 0.3 is 0 Å². The molecule has 0 aliphatic carbocycles. The van der Waals surface area contributed by atoms with Crippen molar-refractivity contribution in [3.8, 4) is 0 Å². The molecule has 1 unspecified atom stereocenters. The number of hydrogen-bond acceptors (Lipinski definition) is 3. The number of imidazole rings is 1. The van der Waals surface area contributed by atoms with Crippen LogP contribution in [-0.2, 0) is 6.54 Å². The third-order valence-electron chi connectivity index (χ3n) is 5.10. The fraction of sp³-hybridized carbons (Fsp3) is 0.400. The van der Waals surface area contributed by atoms with Crippen molar-refractivity contribution in [1.29, 1.82) is 0 Å². The van der Waals surface area contributed by atoms with Crippen LogP contribution in [0.25, 0.3) is 11.0 Å². The van der Waals surface area contributed by atoms with Gasteiger partial charge in [0.1, 0.15) is 11.3 Å². The van der Waals surface area contributed by atoms with Crippen molar-refractivity contribution in [2.75, 3.05) is 13.1 Å². The number of rotatable bonds is 4. The van der Waals surface area contributed by atoms with Crippen molar-refractivity contribution in [1.82, 2.24) is 19.4 Å². The van der Waals surface area contributed by atoms with Crippen LogP contribution in [0.15, 0.2) is 42.7 Å². The van der Waals surface area contributed by atoms with E-state index in [4.69, 9.17) is 28.2 Å². The Morgan fingerprint density at radius 3 is 2.58 bits per heavy atom. The van der Waals surface area contributed by atoms with Crippen LogP contribution in [0, 0.1) is 0 Å². The van der Waals surface area contributed by atoms with Crippen molar-refractivity contribution in [3.63, 3.8) is 0 Å². The van der Waals surface area contributed by atoms with E-state index in [9.17, 15) is 0 Å². The molecule has 136 valence electrons. The predicted octanol–water partition coefficient (Wildman–Crippen LogP) is 5.22. The number of pyridine rings is 1. The van der Waals surface area contributed by atoms with Gasteiger partial charge in [-0.05, 0) is 25.3 Å². The SMILES string of the molecule is CC(Cl)c1nc2cncc(Cl)c2n1C1CCN(Cc2ccccc2)CC1. The van der Waals surface area contributed by atoms with Crippen LogP contribution in [-0.4, -0.2) is 32.5 Å². The highest BCUT2D eigenvalue weighted by molar-refractivity contribution is 6.34. The first-order valence-corrected chi connectivity index (χ1v) is 9.86. The molecule has 0 N–H and O–H groups in total. The van der Waals surface area contributed by atoms with Crippen molar-refractivity contribution in [2.45, 2.75) is 37.7 Å². The molecule has 1 aromatic carbocycles. The molecule has 26 heavy (non-hydrogen) atoms. The van der Waals surface area contributed by atoms with Gasteiger partial charge in [-0.2, -0.15) is 0 Å². The van der Waals surface area contributed by atoms with Crippen LogP contribution >= 0.6 is 23.2 Å². The Morgan fingerprint density at radius 2 is 1.88 bits per heavy atom. The van der Waals surface area contributed by atoms with E-state index in [0.29, 0.717) is 11.1 Å². The first kappa shape index (κ1) is 17.8. The highest BCUT2D eigenvalue weighted by Gasteiger charge is 2.27. The van der Waals surface area contributed by atoms with Crippen LogP contribution in [0.1, 0.15) is 42.6 Å². The van der Waals surface area contributed by atoms with Crippen LogP contribution in [0.3, 0.4) is 0 Å². The van der Waals surface area contributed by atoms with Gasteiger partial charge in [0.15, 0.2) is 0 Å². The summed E-state index contributed by atoms with van der Waals surface area (Å²) in [5.41, 5.74) is 3.15. The molecule has 1 saturated heterocycles. The lowest BCUT2D eigenvalue weighted by Gasteiger charge is -2.34. The van der Waals surface area contributed by atoms with E-state index >= 15 is 0 Å². The van der Waals surface area contributed by atoms with Gasteiger partial charge in [0, 0.05) is 31.9 Å². The first-order chi connectivity index (χ1) is 12.6. The predicted molar refractivity (Wildman–Crippen MR) is 107 cm³/mol. The summed E-state index contributed by atoms with van der Waals surface area (Å²) in [4.78, 5) is 11.4. The molecule has 3 heterocycles. The third kappa shape index (κ3) is 3.46. The second kappa shape index (κ2) is 7.55. The fourth-order valence-corrected chi connectivity index (χ4v) is 4.26. The Hall–Kier alpha value is -1.62. The Kier molecular flexibility index (Phi) is 5.16. The lowest BCUT2D eigenvalue weighted by molar-refractivity contribution is 0.180. The molecule has 2 aromatic heterocycles. The second-order valence-electron chi connectivity index (χ2n) is 6.94. The molecule has 1 atom stereocenters. The Labute approximate surface area is 163 Å². The molecule has 4 rings (SSSR count). The standard InChI is InChI=1S/C20H22Cl2N4/c1-14(21)20-24-18-12-23-11-17(22)19(18)26(20)16-7-9-25(10-8-16)13-15-5-3-2-4-6-15/h2-6,11-12,14,16H,7-10,13H2,1H3. The number of benzene rings is 1. The maximum Gasteiger partial charge on any atom is 0.128 e. The zero-order valence-corrected chi connectivity index (χ0v) is 16.3. The third-order valence-corrected chi connectivity index (χ3v) is 5.58. The highest BCUT2D eigenvalue weighted by Crippen LogP contribution is 2.35. The number of halogens is 2. The molecule has 3 aromatic rings. The van der Waals surface area contributed by atoms with Gasteiger partial charge in [-0.1, -0.05) is 41.9 Å². The number of likely N-dealkylation sites (tertiary alicyclic amines) is 1. The summed E-state index contributed by atoms with van der Waals surface area (Å²) in [6.07, 6.45) is 5.58. The summed E-state index contributed by atoms with van der Waals surface area (Å²) in [5.74, 6) is 0.887. The topological polar surface area (TPSA) is 34.0 Å². The van der Waals surface area contributed by atoms with Gasteiger partial charge in [0.25, 0.3) is 0 Å². The molecule has 1 fully saturated rings. The lowest BCUT2D eigenvalue weighted by Crippen LogP contribution is -2.34. The van der Waals surface area contributed by atoms with Crippen LogP contribution in [0.4, 0.5) is 0 Å². The molecule has 1 aliphatic rings. The largest absolute Gasteiger partial charge is 0.322 e. The zero-order chi connectivity index (χ0) is 18.1. The number of aromatic nitrogens is 3. The number of nitrogens with zero attached hydrogens (tertiary/aromatic N) is 4. The lowest BCUT2D eigenvalue weighted by atomic mass is 10.0. The van der Waals surface area contributed by atoms with Crippen molar-refractivity contribution >= 4 is 34.2 Å². The molecule has 4 nitrogen and oxygen atoms in total. The summed E-state index contributed by atoms with van der Waals surface area (Å²) in [6.45, 7) is 5.07. The minimum Gasteiger partial charge on any atom is -0.322 e. The second-order valence-corrected chi connectivity index (χ2v) is 8.00. The molecule has 1 aliphatic heterocycles. The summed E-state index contributed by atoms with van der Waals surface area (Å²) in [5, 5.41) is 0.478. The van der Waals surface area contributed by atoms with E-state index in [1.807, 2.05) is 6.92 Å². The maximum absolute atomic E-state index is 6.46. The van der Waals surface area contributed by atoms with E-state index in [-0.39, 0.29) is 5.38 Å². The molecule has 0 radical (unpaired) electrons. The molecular formula is C20H22Cl2N4. The summed E-state index contributed by atoms with van der Waals surface area (Å²) < 4.78 is 2.26. The first-order valence-electron chi connectivity index (χ1n) is 9.05. The summed E-state index contributed by atoms with van der Waals surface area (Å²) in [6, 6.07) is 11.0. The molecule has 0 saturated carbocycles. The Balaban J connectivity index is 1.57. The number of hydrogen-bond donors (Lipinski definition) is 0. The fourth-order valence-electron chi connectivity index (χ4n) is 3.86. The highest BCUT2D eigenvalue weighted by atomic mass is 35.5. The Bertz CT molecular complexity index is 883. The van der Waals surface area contributed by atoms with Gasteiger partial charge in [-0.15, -0.1) is 11.6 Å². The van der Waals surface area contributed by atoms with E-state index in [2.05, 4.69) is 44.8 Å². The van der Waals surface area contributed by atoms with Crippen molar-refractivity contribution in [2.24, 2.45) is 0 Å². The molecule has 0 spiro atoms. The number of fused-ring (bicyclic) bond motifs is 1.